The molecule has 0 bridgehead atoms. The summed E-state index contributed by atoms with van der Waals surface area (Å²) in [6.07, 6.45) is 5.55. The molecule has 0 spiro atoms. The Morgan fingerprint density at radius 3 is 2.62 bits per heavy atom. The molecule has 1 saturated carbocycles. The smallest absolute Gasteiger partial charge is 0.251 e. The lowest BCUT2D eigenvalue weighted by atomic mass is 9.97. The Morgan fingerprint density at radius 1 is 1.15 bits per heavy atom. The molecule has 2 N–H and O–H groups in total. The number of aliphatic imine (C=N–C) groups is 3. The maximum atomic E-state index is 12.9. The number of carbonyl (C=O) groups excluding carboxylic acids is 1. The van der Waals surface area contributed by atoms with Gasteiger partial charge in [0.25, 0.3) is 5.91 Å². The summed E-state index contributed by atoms with van der Waals surface area (Å²) in [4.78, 5) is 27.6. The number of amides is 1. The minimum Gasteiger partial charge on any atom is -0.507 e. The molecule has 1 amide bonds. The van der Waals surface area contributed by atoms with Gasteiger partial charge < -0.3 is 19.9 Å². The number of hydrogen-bond donors (Lipinski definition) is 2. The zero-order valence-corrected chi connectivity index (χ0v) is 22.2. The number of ether oxygens (including phenoxy) is 2. The van der Waals surface area contributed by atoms with E-state index in [1.807, 2.05) is 12.1 Å². The fourth-order valence-corrected chi connectivity index (χ4v) is 4.31. The van der Waals surface area contributed by atoms with E-state index in [1.54, 1.807) is 31.4 Å². The van der Waals surface area contributed by atoms with Gasteiger partial charge in [-0.15, -0.1) is 0 Å². The van der Waals surface area contributed by atoms with E-state index >= 15 is 0 Å². The lowest BCUT2D eigenvalue weighted by Crippen LogP contribution is -2.38. The number of phenolic OH excluding ortho intramolecular Hbond substituents is 1. The number of methoxy groups -OCH3 is 1. The first-order valence-corrected chi connectivity index (χ1v) is 13.1. The Kier molecular flexibility index (Phi) is 9.64. The first kappa shape index (κ1) is 27.8. The highest BCUT2D eigenvalue weighted by Gasteiger charge is 2.23. The molecular weight excluding hydrogens is 496 g/mol. The maximum Gasteiger partial charge on any atom is 0.251 e. The second-order valence-corrected chi connectivity index (χ2v) is 9.82. The Morgan fingerprint density at radius 2 is 1.92 bits per heavy atom. The third kappa shape index (κ3) is 8.12. The summed E-state index contributed by atoms with van der Waals surface area (Å²) in [5.41, 5.74) is 1.30. The van der Waals surface area contributed by atoms with Gasteiger partial charge in [0.2, 0.25) is 0 Å². The highest BCUT2D eigenvalue weighted by atomic mass is 16.5. The third-order valence-corrected chi connectivity index (χ3v) is 6.88. The summed E-state index contributed by atoms with van der Waals surface area (Å²) in [7, 11) is 1.58. The Labute approximate surface area is 228 Å². The number of rotatable bonds is 11. The molecule has 0 unspecified atom stereocenters. The van der Waals surface area contributed by atoms with Gasteiger partial charge in [-0.1, -0.05) is 0 Å². The number of hydrogen-bond acceptors (Lipinski definition) is 7. The van der Waals surface area contributed by atoms with Crippen molar-refractivity contribution in [2.75, 3.05) is 40.0 Å². The second-order valence-electron chi connectivity index (χ2n) is 9.82. The maximum absolute atomic E-state index is 12.9. The number of amidine groups is 1. The van der Waals surface area contributed by atoms with Crippen molar-refractivity contribution in [3.05, 3.63) is 53.1 Å². The summed E-state index contributed by atoms with van der Waals surface area (Å²) in [5, 5.41) is 22.1. The standard InChI is InChI=1S/C29H34N6O4/c1-31-18-33-28(22-5-6-27(36)24(11-22)15-30)34-19-35-9-7-20(8-10-35)16-32-29(37)23-12-25(38-2)14-26(13-23)39-17-21-3-4-21/h5-6,11-14,18,20-21,36H,1,3-4,7-10,16-17,19H2,2H3,(H,32,37). The van der Waals surface area contributed by atoms with Crippen molar-refractivity contribution in [3.63, 3.8) is 0 Å². The van der Waals surface area contributed by atoms with Crippen LogP contribution in [0.4, 0.5) is 0 Å². The molecule has 2 fully saturated rings. The Balaban J connectivity index is 1.28. The molecule has 0 radical (unpaired) electrons. The molecular formula is C29H34N6O4. The fraction of sp³-hybridized carbons (Fsp3) is 0.414. The van der Waals surface area contributed by atoms with E-state index in [0.717, 1.165) is 25.9 Å². The van der Waals surface area contributed by atoms with Gasteiger partial charge in [0.1, 0.15) is 29.7 Å². The van der Waals surface area contributed by atoms with Crippen molar-refractivity contribution in [3.8, 4) is 23.3 Å². The second kappa shape index (κ2) is 13.5. The molecule has 0 atom stereocenters. The Bertz CT molecular complexity index is 1270. The van der Waals surface area contributed by atoms with Crippen molar-refractivity contribution in [2.45, 2.75) is 25.7 Å². The van der Waals surface area contributed by atoms with E-state index in [-0.39, 0.29) is 17.2 Å². The molecule has 10 heteroatoms. The van der Waals surface area contributed by atoms with Gasteiger partial charge in [-0.25, -0.2) is 4.99 Å². The molecule has 2 aliphatic rings. The average molecular weight is 531 g/mol. The van der Waals surface area contributed by atoms with Crippen molar-refractivity contribution >= 4 is 24.8 Å². The van der Waals surface area contributed by atoms with Gasteiger partial charge in [0.05, 0.1) is 25.9 Å². The summed E-state index contributed by atoms with van der Waals surface area (Å²) in [6, 6.07) is 11.9. The van der Waals surface area contributed by atoms with Gasteiger partial charge in [-0.3, -0.25) is 19.7 Å². The first-order chi connectivity index (χ1) is 19.0. The molecule has 39 heavy (non-hydrogen) atoms. The van der Waals surface area contributed by atoms with Gasteiger partial charge >= 0.3 is 0 Å². The normalized spacial score (nSPS) is 16.6. The molecule has 1 aliphatic heterocycles. The summed E-state index contributed by atoms with van der Waals surface area (Å²) in [5.74, 6) is 2.43. The largest absolute Gasteiger partial charge is 0.507 e. The summed E-state index contributed by atoms with van der Waals surface area (Å²) in [6.45, 7) is 6.77. The number of piperidine rings is 1. The van der Waals surface area contributed by atoms with Crippen LogP contribution in [0.3, 0.4) is 0 Å². The first-order valence-electron chi connectivity index (χ1n) is 13.1. The topological polar surface area (TPSA) is 132 Å². The predicted molar refractivity (Wildman–Crippen MR) is 150 cm³/mol. The molecule has 1 aliphatic carbocycles. The minimum absolute atomic E-state index is 0.0886. The molecule has 204 valence electrons. The van der Waals surface area contributed by atoms with Crippen LogP contribution in [0.15, 0.2) is 51.4 Å². The van der Waals surface area contributed by atoms with Crippen LogP contribution in [-0.4, -0.2) is 74.8 Å². The number of benzene rings is 2. The lowest BCUT2D eigenvalue weighted by Gasteiger charge is -2.30. The number of nitriles is 1. The SMILES string of the molecule is C=NC=NC(=NCN1CCC(CNC(=O)c2cc(OC)cc(OCC3CC3)c2)CC1)c1ccc(O)c(C#N)c1. The van der Waals surface area contributed by atoms with E-state index in [0.29, 0.717) is 60.1 Å². The molecule has 2 aromatic carbocycles. The highest BCUT2D eigenvalue weighted by molar-refractivity contribution is 6.03. The number of phenols is 1. The molecule has 1 heterocycles. The van der Waals surface area contributed by atoms with Crippen LogP contribution in [0, 0.1) is 23.2 Å². The predicted octanol–water partition coefficient (Wildman–Crippen LogP) is 3.64. The number of nitrogens with one attached hydrogen (secondary N) is 1. The van der Waals surface area contributed by atoms with Crippen LogP contribution in [-0.2, 0) is 0 Å². The molecule has 10 nitrogen and oxygen atoms in total. The van der Waals surface area contributed by atoms with Crippen molar-refractivity contribution in [1.29, 1.82) is 5.26 Å². The molecule has 0 aromatic heterocycles. The van der Waals surface area contributed by atoms with E-state index < -0.39 is 0 Å². The van der Waals surface area contributed by atoms with E-state index in [4.69, 9.17) is 9.47 Å². The van der Waals surface area contributed by atoms with Crippen LogP contribution >= 0.6 is 0 Å². The van der Waals surface area contributed by atoms with Gasteiger partial charge in [-0.2, -0.15) is 5.26 Å². The fourth-order valence-electron chi connectivity index (χ4n) is 4.31. The zero-order chi connectivity index (χ0) is 27.6. The molecule has 1 saturated heterocycles. The number of likely N-dealkylation sites (tertiary alicyclic amines) is 1. The molecule has 2 aromatic rings. The van der Waals surface area contributed by atoms with Crippen molar-refractivity contribution in [2.24, 2.45) is 26.8 Å². The number of nitrogens with zero attached hydrogens (tertiary/aromatic N) is 5. The lowest BCUT2D eigenvalue weighted by molar-refractivity contribution is 0.0935. The van der Waals surface area contributed by atoms with Gasteiger partial charge in [0.15, 0.2) is 5.84 Å². The number of carbonyl (C=O) groups is 1. The van der Waals surface area contributed by atoms with Crippen molar-refractivity contribution < 1.29 is 19.4 Å². The van der Waals surface area contributed by atoms with E-state index in [1.165, 1.54) is 25.2 Å². The third-order valence-electron chi connectivity index (χ3n) is 6.88. The van der Waals surface area contributed by atoms with E-state index in [2.05, 4.69) is 31.9 Å². The average Bonchev–Trinajstić information content (AvgIpc) is 3.80. The Hall–Kier alpha value is -4.23. The van der Waals surface area contributed by atoms with Gasteiger partial charge in [-0.05, 0) is 74.6 Å². The molecule has 4 rings (SSSR count). The van der Waals surface area contributed by atoms with Crippen LogP contribution in [0.2, 0.25) is 0 Å². The van der Waals surface area contributed by atoms with Crippen LogP contribution in [0.1, 0.15) is 47.2 Å². The minimum atomic E-state index is -0.138. The van der Waals surface area contributed by atoms with Crippen molar-refractivity contribution in [1.82, 2.24) is 10.2 Å². The monoisotopic (exact) mass is 530 g/mol. The van der Waals surface area contributed by atoms with Crippen LogP contribution in [0.5, 0.6) is 17.2 Å². The number of aromatic hydroxyl groups is 1. The zero-order valence-electron chi connectivity index (χ0n) is 22.2. The van der Waals surface area contributed by atoms with Gasteiger partial charge in [0, 0.05) is 36.8 Å². The van der Waals surface area contributed by atoms with Crippen LogP contribution < -0.4 is 14.8 Å². The highest BCUT2D eigenvalue weighted by Crippen LogP contribution is 2.31. The van der Waals surface area contributed by atoms with Crippen LogP contribution in [0.25, 0.3) is 0 Å². The summed E-state index contributed by atoms with van der Waals surface area (Å²) >= 11 is 0. The summed E-state index contributed by atoms with van der Waals surface area (Å²) < 4.78 is 11.2. The van der Waals surface area contributed by atoms with E-state index in [9.17, 15) is 15.2 Å². The quantitative estimate of drug-likeness (QED) is 0.337.